The average Bonchev–Trinajstić information content (AvgIpc) is 2.35. The molecule has 1 saturated heterocycles. The van der Waals surface area contributed by atoms with Gasteiger partial charge in [-0.25, -0.2) is 0 Å². The molecule has 1 heterocycles. The van der Waals surface area contributed by atoms with Crippen molar-refractivity contribution in [2.75, 3.05) is 6.61 Å². The lowest BCUT2D eigenvalue weighted by molar-refractivity contribution is 0.102. The Kier molecular flexibility index (Phi) is 1.24. The van der Waals surface area contributed by atoms with Crippen LogP contribution in [0.3, 0.4) is 0 Å². The van der Waals surface area contributed by atoms with E-state index < -0.39 is 0 Å². The lowest BCUT2D eigenvalue weighted by Crippen LogP contribution is -2.26. The summed E-state index contributed by atoms with van der Waals surface area (Å²) in [6.45, 7) is 0.947. The van der Waals surface area contributed by atoms with Gasteiger partial charge in [0.05, 0.1) is 6.10 Å². The van der Waals surface area contributed by atoms with E-state index in [-0.39, 0.29) is 0 Å². The van der Waals surface area contributed by atoms with Crippen LogP contribution in [0.5, 0.6) is 0 Å². The van der Waals surface area contributed by atoms with Crippen molar-refractivity contribution in [1.82, 2.24) is 0 Å². The Labute approximate surface area is 55.4 Å². The molecule has 3 atom stereocenters. The van der Waals surface area contributed by atoms with E-state index in [1.54, 1.807) is 0 Å². The van der Waals surface area contributed by atoms with E-state index in [1.165, 1.54) is 19.3 Å². The normalized spacial score (nSPS) is 49.7. The highest BCUT2D eigenvalue weighted by Gasteiger charge is 2.37. The maximum Gasteiger partial charge on any atom is 0.0619 e. The highest BCUT2D eigenvalue weighted by molar-refractivity contribution is 4.91. The zero-order valence-corrected chi connectivity index (χ0v) is 5.55. The van der Waals surface area contributed by atoms with Crippen molar-refractivity contribution < 1.29 is 4.74 Å². The molecule has 1 saturated carbocycles. The predicted molar refractivity (Wildman–Crippen MR) is 35.1 cm³/mol. The van der Waals surface area contributed by atoms with Crippen LogP contribution in [0.25, 0.3) is 0 Å². The van der Waals surface area contributed by atoms with E-state index in [2.05, 4.69) is 0 Å². The summed E-state index contributed by atoms with van der Waals surface area (Å²) >= 11 is 0. The molecule has 1 aliphatic carbocycles. The fraction of sp³-hybridized carbons (Fsp3) is 1.00. The summed E-state index contributed by atoms with van der Waals surface area (Å²) in [5.74, 6) is 0.699. The summed E-state index contributed by atoms with van der Waals surface area (Å²) in [5.41, 5.74) is 5.84. The molecule has 2 aliphatic rings. The molecule has 2 rings (SSSR count). The number of fused-ring (bicyclic) bond motifs is 1. The summed E-state index contributed by atoms with van der Waals surface area (Å²) in [4.78, 5) is 0. The second kappa shape index (κ2) is 1.96. The molecule has 2 nitrogen and oxygen atoms in total. The van der Waals surface area contributed by atoms with Crippen LogP contribution in [0, 0.1) is 5.92 Å². The van der Waals surface area contributed by atoms with E-state index in [9.17, 15) is 0 Å². The molecule has 3 unspecified atom stereocenters. The third-order valence-corrected chi connectivity index (χ3v) is 2.60. The van der Waals surface area contributed by atoms with E-state index in [0.717, 1.165) is 6.61 Å². The molecule has 0 aromatic carbocycles. The Morgan fingerprint density at radius 2 is 2.11 bits per heavy atom. The van der Waals surface area contributed by atoms with E-state index >= 15 is 0 Å². The van der Waals surface area contributed by atoms with E-state index in [1.807, 2.05) is 0 Å². The Morgan fingerprint density at radius 1 is 1.22 bits per heavy atom. The molecule has 9 heavy (non-hydrogen) atoms. The summed E-state index contributed by atoms with van der Waals surface area (Å²) in [5, 5.41) is 0. The van der Waals surface area contributed by atoms with Gasteiger partial charge in [0.1, 0.15) is 0 Å². The average molecular weight is 127 g/mol. The van der Waals surface area contributed by atoms with Crippen molar-refractivity contribution >= 4 is 0 Å². The Bertz CT molecular complexity index is 115. The molecule has 2 heteroatoms. The molecule has 0 bridgehead atoms. The standard InChI is InChI=1S/C7H13NO/c8-6-1-2-7-5(6)3-4-9-7/h5-7H,1-4,8H2. The third-order valence-electron chi connectivity index (χ3n) is 2.60. The molecular weight excluding hydrogens is 114 g/mol. The lowest BCUT2D eigenvalue weighted by Gasteiger charge is -2.10. The second-order valence-corrected chi connectivity index (χ2v) is 3.10. The molecule has 0 aromatic heterocycles. The van der Waals surface area contributed by atoms with Gasteiger partial charge in [0, 0.05) is 18.6 Å². The molecule has 0 amide bonds. The Balaban J connectivity index is 2.07. The highest BCUT2D eigenvalue weighted by atomic mass is 16.5. The van der Waals surface area contributed by atoms with Gasteiger partial charge in [-0.15, -0.1) is 0 Å². The summed E-state index contributed by atoms with van der Waals surface area (Å²) < 4.78 is 5.47. The van der Waals surface area contributed by atoms with Gasteiger partial charge in [-0.05, 0) is 19.3 Å². The first-order valence-corrected chi connectivity index (χ1v) is 3.75. The Morgan fingerprint density at radius 3 is 2.89 bits per heavy atom. The Hall–Kier alpha value is -0.0800. The maximum absolute atomic E-state index is 5.84. The third kappa shape index (κ3) is 0.775. The molecular formula is C7H13NO. The number of rotatable bonds is 0. The monoisotopic (exact) mass is 127 g/mol. The van der Waals surface area contributed by atoms with E-state index in [0.29, 0.717) is 18.1 Å². The molecule has 0 radical (unpaired) electrons. The molecule has 2 N–H and O–H groups in total. The van der Waals surface area contributed by atoms with Crippen molar-refractivity contribution in [2.24, 2.45) is 11.7 Å². The van der Waals surface area contributed by atoms with Crippen LogP contribution >= 0.6 is 0 Å². The fourth-order valence-electron chi connectivity index (χ4n) is 2.02. The summed E-state index contributed by atoms with van der Waals surface area (Å²) in [6, 6.07) is 0.442. The number of nitrogens with two attached hydrogens (primary N) is 1. The van der Waals surface area contributed by atoms with Crippen molar-refractivity contribution in [1.29, 1.82) is 0 Å². The van der Waals surface area contributed by atoms with E-state index in [4.69, 9.17) is 10.5 Å². The van der Waals surface area contributed by atoms with Crippen LogP contribution in [-0.4, -0.2) is 18.8 Å². The molecule has 0 spiro atoms. The smallest absolute Gasteiger partial charge is 0.0619 e. The van der Waals surface area contributed by atoms with Crippen molar-refractivity contribution in [3.05, 3.63) is 0 Å². The quantitative estimate of drug-likeness (QED) is 0.514. The van der Waals surface area contributed by atoms with Crippen molar-refractivity contribution in [3.8, 4) is 0 Å². The van der Waals surface area contributed by atoms with Gasteiger partial charge >= 0.3 is 0 Å². The number of hydrogen-bond acceptors (Lipinski definition) is 2. The molecule has 2 fully saturated rings. The molecule has 1 aliphatic heterocycles. The van der Waals surface area contributed by atoms with Gasteiger partial charge in [-0.2, -0.15) is 0 Å². The van der Waals surface area contributed by atoms with Crippen LogP contribution in [-0.2, 0) is 4.74 Å². The van der Waals surface area contributed by atoms with Gasteiger partial charge in [-0.1, -0.05) is 0 Å². The minimum atomic E-state index is 0.442. The number of hydrogen-bond donors (Lipinski definition) is 1. The van der Waals surface area contributed by atoms with Gasteiger partial charge in [-0.3, -0.25) is 0 Å². The van der Waals surface area contributed by atoms with Crippen LogP contribution in [0.15, 0.2) is 0 Å². The van der Waals surface area contributed by atoms with Crippen LogP contribution in [0.4, 0.5) is 0 Å². The van der Waals surface area contributed by atoms with Gasteiger partial charge in [0.15, 0.2) is 0 Å². The molecule has 0 aromatic rings. The van der Waals surface area contributed by atoms with Crippen LogP contribution in [0.2, 0.25) is 0 Å². The van der Waals surface area contributed by atoms with Gasteiger partial charge in [0.2, 0.25) is 0 Å². The minimum absolute atomic E-state index is 0.442. The zero-order valence-electron chi connectivity index (χ0n) is 5.55. The molecule has 52 valence electrons. The zero-order chi connectivity index (χ0) is 6.27. The minimum Gasteiger partial charge on any atom is -0.378 e. The topological polar surface area (TPSA) is 35.2 Å². The predicted octanol–water partition coefficient (Wildman–Crippen LogP) is 0.513. The van der Waals surface area contributed by atoms with Crippen molar-refractivity contribution in [2.45, 2.75) is 31.4 Å². The maximum atomic E-state index is 5.84. The number of ether oxygens (including phenoxy) is 1. The fourth-order valence-corrected chi connectivity index (χ4v) is 2.02. The van der Waals surface area contributed by atoms with Crippen LogP contribution in [0.1, 0.15) is 19.3 Å². The van der Waals surface area contributed by atoms with Gasteiger partial charge < -0.3 is 10.5 Å². The SMILES string of the molecule is NC1CCC2OCCC12. The summed E-state index contributed by atoms with van der Waals surface area (Å²) in [6.07, 6.45) is 4.10. The van der Waals surface area contributed by atoms with Gasteiger partial charge in [0.25, 0.3) is 0 Å². The summed E-state index contributed by atoms with van der Waals surface area (Å²) in [7, 11) is 0. The largest absolute Gasteiger partial charge is 0.378 e. The second-order valence-electron chi connectivity index (χ2n) is 3.10. The first-order valence-electron chi connectivity index (χ1n) is 3.75. The van der Waals surface area contributed by atoms with Crippen LogP contribution < -0.4 is 5.73 Å². The van der Waals surface area contributed by atoms with Crippen molar-refractivity contribution in [3.63, 3.8) is 0 Å². The first kappa shape index (κ1) is 5.69. The lowest BCUT2D eigenvalue weighted by atomic mass is 10.0. The highest BCUT2D eigenvalue weighted by Crippen LogP contribution is 2.34. The first-order chi connectivity index (χ1) is 4.38.